The maximum absolute atomic E-state index is 5.89. The van der Waals surface area contributed by atoms with Gasteiger partial charge in [-0.15, -0.1) is 0 Å². The van der Waals surface area contributed by atoms with Crippen LogP contribution in [-0.4, -0.2) is 36.1 Å². The number of halogens is 1. The first kappa shape index (κ1) is 10.4. The van der Waals surface area contributed by atoms with Crippen LogP contribution in [0.25, 0.3) is 0 Å². The van der Waals surface area contributed by atoms with Crippen molar-refractivity contribution in [3.63, 3.8) is 0 Å². The normalized spacial score (nSPS) is 20.3. The van der Waals surface area contributed by atoms with E-state index in [0.717, 1.165) is 19.5 Å². The van der Waals surface area contributed by atoms with Crippen LogP contribution in [0.15, 0.2) is 6.20 Å². The zero-order chi connectivity index (χ0) is 10.7. The number of anilines is 2. The van der Waals surface area contributed by atoms with Gasteiger partial charge in [-0.1, -0.05) is 11.6 Å². The molecule has 6 heteroatoms. The predicted octanol–water partition coefficient (Wildman–Crippen LogP) is 0.945. The highest BCUT2D eigenvalue weighted by Gasteiger charge is 2.15. The maximum Gasteiger partial charge on any atom is 0.224 e. The number of rotatable bonds is 3. The van der Waals surface area contributed by atoms with Gasteiger partial charge in [-0.3, -0.25) is 0 Å². The van der Waals surface area contributed by atoms with E-state index in [1.807, 2.05) is 0 Å². The Kier molecular flexibility index (Phi) is 3.23. The average molecular weight is 228 g/mol. The molecule has 1 atom stereocenters. The molecule has 0 aromatic carbocycles. The van der Waals surface area contributed by atoms with E-state index in [9.17, 15) is 0 Å². The van der Waals surface area contributed by atoms with Crippen molar-refractivity contribution in [3.8, 4) is 0 Å². The van der Waals surface area contributed by atoms with Crippen LogP contribution in [0.3, 0.4) is 0 Å². The zero-order valence-corrected chi connectivity index (χ0v) is 9.30. The van der Waals surface area contributed by atoms with Gasteiger partial charge in [0, 0.05) is 19.6 Å². The summed E-state index contributed by atoms with van der Waals surface area (Å²) in [6.07, 6.45) is 2.70. The third-order valence-electron chi connectivity index (χ3n) is 2.37. The van der Waals surface area contributed by atoms with E-state index in [1.165, 1.54) is 0 Å². The van der Waals surface area contributed by atoms with Crippen molar-refractivity contribution >= 4 is 23.4 Å². The molecule has 1 aliphatic heterocycles. The van der Waals surface area contributed by atoms with Gasteiger partial charge < -0.3 is 16.0 Å². The summed E-state index contributed by atoms with van der Waals surface area (Å²) in [5.74, 6) is 1.28. The highest BCUT2D eigenvalue weighted by Crippen LogP contribution is 2.19. The minimum atomic E-state index is 0.413. The van der Waals surface area contributed by atoms with Crippen LogP contribution in [0, 0.1) is 0 Å². The first-order valence-corrected chi connectivity index (χ1v) is 5.35. The van der Waals surface area contributed by atoms with Crippen molar-refractivity contribution in [2.24, 2.45) is 0 Å². The molecule has 1 saturated heterocycles. The first-order chi connectivity index (χ1) is 7.29. The van der Waals surface area contributed by atoms with E-state index in [-0.39, 0.29) is 0 Å². The number of nitrogens with one attached hydrogen (secondary N) is 3. The summed E-state index contributed by atoms with van der Waals surface area (Å²) in [6.45, 7) is 2.00. The summed E-state index contributed by atoms with van der Waals surface area (Å²) >= 11 is 5.89. The first-order valence-electron chi connectivity index (χ1n) is 4.97. The molecule has 1 aromatic rings. The summed E-state index contributed by atoms with van der Waals surface area (Å²) < 4.78 is 0. The van der Waals surface area contributed by atoms with Gasteiger partial charge in [0.15, 0.2) is 0 Å². The molecule has 2 rings (SSSR count). The summed E-state index contributed by atoms with van der Waals surface area (Å²) in [4.78, 5) is 8.39. The Labute approximate surface area is 93.6 Å². The molecule has 1 aliphatic rings. The second-order valence-electron chi connectivity index (χ2n) is 3.47. The van der Waals surface area contributed by atoms with Gasteiger partial charge in [0.1, 0.15) is 10.8 Å². The lowest BCUT2D eigenvalue weighted by Crippen LogP contribution is -2.23. The molecule has 0 saturated carbocycles. The molecular formula is C9H14ClN5. The summed E-state index contributed by atoms with van der Waals surface area (Å²) in [5, 5.41) is 9.99. The molecule has 0 amide bonds. The Hall–Kier alpha value is -1.07. The fourth-order valence-corrected chi connectivity index (χ4v) is 1.76. The second kappa shape index (κ2) is 4.63. The molecule has 0 spiro atoms. The van der Waals surface area contributed by atoms with Crippen LogP contribution < -0.4 is 16.0 Å². The van der Waals surface area contributed by atoms with Gasteiger partial charge in [0.25, 0.3) is 0 Å². The predicted molar refractivity (Wildman–Crippen MR) is 61.5 cm³/mol. The van der Waals surface area contributed by atoms with Crippen LogP contribution in [0.4, 0.5) is 11.8 Å². The Bertz CT molecular complexity index is 337. The molecule has 82 valence electrons. The third-order valence-corrected chi connectivity index (χ3v) is 2.65. The molecule has 1 fully saturated rings. The number of hydrogen-bond donors (Lipinski definition) is 3. The minimum absolute atomic E-state index is 0.413. The quantitative estimate of drug-likeness (QED) is 0.718. The number of hydrogen-bond acceptors (Lipinski definition) is 5. The van der Waals surface area contributed by atoms with Crippen molar-refractivity contribution in [2.45, 2.75) is 12.5 Å². The van der Waals surface area contributed by atoms with Crippen LogP contribution >= 0.6 is 11.6 Å². The van der Waals surface area contributed by atoms with E-state index in [0.29, 0.717) is 22.8 Å². The molecule has 2 heterocycles. The van der Waals surface area contributed by atoms with Gasteiger partial charge >= 0.3 is 0 Å². The SMILES string of the molecule is CNc1nc(N[C@@H]2CCNC2)ncc1Cl. The second-order valence-corrected chi connectivity index (χ2v) is 3.88. The van der Waals surface area contributed by atoms with Gasteiger partial charge in [0.2, 0.25) is 5.95 Å². The average Bonchev–Trinajstić information content (AvgIpc) is 2.73. The van der Waals surface area contributed by atoms with E-state index in [4.69, 9.17) is 11.6 Å². The van der Waals surface area contributed by atoms with Gasteiger partial charge in [-0.25, -0.2) is 4.98 Å². The molecule has 1 aromatic heterocycles. The molecule has 15 heavy (non-hydrogen) atoms. The topological polar surface area (TPSA) is 61.9 Å². The molecular weight excluding hydrogens is 214 g/mol. The van der Waals surface area contributed by atoms with Crippen molar-refractivity contribution < 1.29 is 0 Å². The number of aromatic nitrogens is 2. The van der Waals surface area contributed by atoms with Crippen LogP contribution in [-0.2, 0) is 0 Å². The fraction of sp³-hybridized carbons (Fsp3) is 0.556. The van der Waals surface area contributed by atoms with Crippen LogP contribution in [0.2, 0.25) is 5.02 Å². The highest BCUT2D eigenvalue weighted by atomic mass is 35.5. The van der Waals surface area contributed by atoms with Gasteiger partial charge in [0.05, 0.1) is 6.20 Å². The van der Waals surface area contributed by atoms with Crippen molar-refractivity contribution in [1.82, 2.24) is 15.3 Å². The van der Waals surface area contributed by atoms with E-state index < -0.39 is 0 Å². The van der Waals surface area contributed by atoms with Crippen LogP contribution in [0.1, 0.15) is 6.42 Å². The summed E-state index contributed by atoms with van der Waals surface area (Å²) in [5.41, 5.74) is 0. The standard InChI is InChI=1S/C9H14ClN5/c1-11-8-7(10)5-13-9(15-8)14-6-2-3-12-4-6/h5-6,12H,2-4H2,1H3,(H2,11,13,14,15)/t6-/m1/s1. The molecule has 5 nitrogen and oxygen atoms in total. The molecule has 0 aliphatic carbocycles. The van der Waals surface area contributed by atoms with E-state index >= 15 is 0 Å². The zero-order valence-electron chi connectivity index (χ0n) is 8.55. The smallest absolute Gasteiger partial charge is 0.224 e. The highest BCUT2D eigenvalue weighted by molar-refractivity contribution is 6.32. The largest absolute Gasteiger partial charge is 0.372 e. The van der Waals surface area contributed by atoms with Crippen molar-refractivity contribution in [3.05, 3.63) is 11.2 Å². The molecule has 0 radical (unpaired) electrons. The van der Waals surface area contributed by atoms with Gasteiger partial charge in [-0.05, 0) is 13.0 Å². The lowest BCUT2D eigenvalue weighted by atomic mass is 10.3. The number of nitrogens with zero attached hydrogens (tertiary/aromatic N) is 2. The maximum atomic E-state index is 5.89. The third kappa shape index (κ3) is 2.49. The Morgan fingerprint density at radius 3 is 3.13 bits per heavy atom. The fourth-order valence-electron chi connectivity index (χ4n) is 1.57. The Morgan fingerprint density at radius 2 is 2.47 bits per heavy atom. The monoisotopic (exact) mass is 227 g/mol. The lowest BCUT2D eigenvalue weighted by Gasteiger charge is -2.12. The molecule has 0 unspecified atom stereocenters. The Balaban J connectivity index is 2.07. The van der Waals surface area contributed by atoms with E-state index in [1.54, 1.807) is 13.2 Å². The molecule has 0 bridgehead atoms. The summed E-state index contributed by atoms with van der Waals surface area (Å²) in [7, 11) is 1.79. The minimum Gasteiger partial charge on any atom is -0.372 e. The van der Waals surface area contributed by atoms with Crippen LogP contribution in [0.5, 0.6) is 0 Å². The van der Waals surface area contributed by atoms with Crippen molar-refractivity contribution in [1.29, 1.82) is 0 Å². The van der Waals surface area contributed by atoms with Crippen molar-refractivity contribution in [2.75, 3.05) is 30.8 Å². The van der Waals surface area contributed by atoms with Gasteiger partial charge in [-0.2, -0.15) is 4.98 Å². The lowest BCUT2D eigenvalue weighted by molar-refractivity contribution is 0.781. The Morgan fingerprint density at radius 1 is 1.60 bits per heavy atom. The molecule has 3 N–H and O–H groups in total. The van der Waals surface area contributed by atoms with E-state index in [2.05, 4.69) is 25.9 Å². The summed E-state index contributed by atoms with van der Waals surface area (Å²) in [6, 6.07) is 0.413.